The highest BCUT2D eigenvalue weighted by Gasteiger charge is 2.09. The molecule has 0 fully saturated rings. The van der Waals surface area contributed by atoms with Crippen LogP contribution in [0, 0.1) is 4.77 Å². The van der Waals surface area contributed by atoms with E-state index in [4.69, 9.17) is 17.0 Å². The quantitative estimate of drug-likeness (QED) is 0.730. The van der Waals surface area contributed by atoms with Crippen molar-refractivity contribution in [2.24, 2.45) is 0 Å². The lowest BCUT2D eigenvalue weighted by atomic mass is 10.1. The van der Waals surface area contributed by atoms with Crippen LogP contribution in [0.1, 0.15) is 11.4 Å². The largest absolute Gasteiger partial charge is 0.497 e. The van der Waals surface area contributed by atoms with Crippen LogP contribution in [0.25, 0.3) is 5.69 Å². The Balaban J connectivity index is 1.89. The summed E-state index contributed by atoms with van der Waals surface area (Å²) in [6, 6.07) is 18.2. The first-order valence-electron chi connectivity index (χ1n) is 7.12. The molecule has 5 heteroatoms. The van der Waals surface area contributed by atoms with Crippen LogP contribution in [-0.4, -0.2) is 21.9 Å². The maximum Gasteiger partial charge on any atom is 0.199 e. The molecule has 0 spiro atoms. The van der Waals surface area contributed by atoms with E-state index in [0.29, 0.717) is 4.77 Å². The van der Waals surface area contributed by atoms with E-state index >= 15 is 0 Å². The third-order valence-corrected chi connectivity index (χ3v) is 3.81. The Bertz CT molecular complexity index is 808. The molecule has 0 aliphatic carbocycles. The van der Waals surface area contributed by atoms with Crippen molar-refractivity contribution < 1.29 is 4.74 Å². The van der Waals surface area contributed by atoms with Crippen LogP contribution in [0.2, 0.25) is 0 Å². The zero-order valence-corrected chi connectivity index (χ0v) is 13.1. The van der Waals surface area contributed by atoms with Gasteiger partial charge in [0.25, 0.3) is 0 Å². The zero-order chi connectivity index (χ0) is 15.4. The normalized spacial score (nSPS) is 10.6. The van der Waals surface area contributed by atoms with E-state index in [-0.39, 0.29) is 0 Å². The van der Waals surface area contributed by atoms with Crippen molar-refractivity contribution in [3.8, 4) is 11.4 Å². The molecule has 0 saturated heterocycles. The lowest BCUT2D eigenvalue weighted by Gasteiger charge is -2.08. The molecule has 0 atom stereocenters. The van der Waals surface area contributed by atoms with Crippen LogP contribution >= 0.6 is 12.2 Å². The third-order valence-electron chi connectivity index (χ3n) is 3.53. The molecule has 0 aliphatic heterocycles. The average molecular weight is 311 g/mol. The van der Waals surface area contributed by atoms with Crippen molar-refractivity contribution in [1.82, 2.24) is 14.8 Å². The molecule has 3 aromatic rings. The van der Waals surface area contributed by atoms with E-state index in [2.05, 4.69) is 34.5 Å². The van der Waals surface area contributed by atoms with Crippen molar-refractivity contribution in [3.05, 3.63) is 70.8 Å². The maximum atomic E-state index is 5.37. The van der Waals surface area contributed by atoms with E-state index in [1.807, 2.05) is 34.9 Å². The Kier molecular flexibility index (Phi) is 4.34. The predicted molar refractivity (Wildman–Crippen MR) is 89.2 cm³/mol. The number of rotatable bonds is 5. The lowest BCUT2D eigenvalue weighted by Crippen LogP contribution is -2.03. The Morgan fingerprint density at radius 1 is 1.09 bits per heavy atom. The minimum absolute atomic E-state index is 0.594. The van der Waals surface area contributed by atoms with Crippen molar-refractivity contribution in [3.63, 3.8) is 0 Å². The van der Waals surface area contributed by atoms with Crippen LogP contribution < -0.4 is 4.74 Å². The van der Waals surface area contributed by atoms with E-state index in [1.54, 1.807) is 7.11 Å². The molecule has 112 valence electrons. The first-order valence-corrected chi connectivity index (χ1v) is 7.53. The van der Waals surface area contributed by atoms with Crippen molar-refractivity contribution in [1.29, 1.82) is 0 Å². The number of methoxy groups -OCH3 is 1. The Labute approximate surface area is 134 Å². The first kappa shape index (κ1) is 14.5. The zero-order valence-electron chi connectivity index (χ0n) is 12.3. The number of nitrogens with zero attached hydrogens (tertiary/aromatic N) is 2. The molecule has 0 saturated carbocycles. The van der Waals surface area contributed by atoms with Crippen LogP contribution in [0.3, 0.4) is 0 Å². The highest BCUT2D eigenvalue weighted by atomic mass is 32.1. The van der Waals surface area contributed by atoms with Gasteiger partial charge in [-0.25, -0.2) is 0 Å². The van der Waals surface area contributed by atoms with Crippen LogP contribution in [-0.2, 0) is 12.8 Å². The van der Waals surface area contributed by atoms with Crippen molar-refractivity contribution in [2.75, 3.05) is 7.11 Å². The fourth-order valence-electron chi connectivity index (χ4n) is 2.41. The van der Waals surface area contributed by atoms with Gasteiger partial charge in [0.15, 0.2) is 4.77 Å². The molecule has 0 amide bonds. The van der Waals surface area contributed by atoms with Crippen LogP contribution in [0.4, 0.5) is 0 Å². The summed E-state index contributed by atoms with van der Waals surface area (Å²) in [6.07, 6.45) is 1.73. The molecule has 0 aliphatic rings. The van der Waals surface area contributed by atoms with Gasteiger partial charge in [0, 0.05) is 12.5 Å². The monoisotopic (exact) mass is 311 g/mol. The fourth-order valence-corrected chi connectivity index (χ4v) is 2.67. The molecule has 0 unspecified atom stereocenters. The Morgan fingerprint density at radius 2 is 1.91 bits per heavy atom. The molecule has 2 aromatic carbocycles. The average Bonchev–Trinajstić information content (AvgIpc) is 2.94. The SMILES string of the molecule is COc1cccc(-n2c(CCc3ccccc3)n[nH]c2=S)c1. The van der Waals surface area contributed by atoms with E-state index in [0.717, 1.165) is 30.1 Å². The smallest absolute Gasteiger partial charge is 0.199 e. The third kappa shape index (κ3) is 3.09. The van der Waals surface area contributed by atoms with Gasteiger partial charge in [0.2, 0.25) is 0 Å². The molecule has 3 rings (SSSR count). The number of benzene rings is 2. The van der Waals surface area contributed by atoms with Gasteiger partial charge >= 0.3 is 0 Å². The number of H-pyrrole nitrogens is 1. The van der Waals surface area contributed by atoms with Gasteiger partial charge in [-0.1, -0.05) is 36.4 Å². The molecule has 4 nitrogen and oxygen atoms in total. The van der Waals surface area contributed by atoms with Crippen LogP contribution in [0.5, 0.6) is 5.75 Å². The van der Waals surface area contributed by atoms with Gasteiger partial charge < -0.3 is 4.74 Å². The molecule has 0 radical (unpaired) electrons. The summed E-state index contributed by atoms with van der Waals surface area (Å²) in [6.45, 7) is 0. The molecular weight excluding hydrogens is 294 g/mol. The molecular formula is C17H17N3OS. The standard InChI is InChI=1S/C17H17N3OS/c1-21-15-9-5-8-14(12-15)20-16(18-19-17(20)22)11-10-13-6-3-2-4-7-13/h2-9,12H,10-11H2,1H3,(H,19,22). The molecule has 22 heavy (non-hydrogen) atoms. The van der Waals surface area contributed by atoms with Crippen LogP contribution in [0.15, 0.2) is 54.6 Å². The number of aromatic amines is 1. The van der Waals surface area contributed by atoms with Gasteiger partial charge in [-0.05, 0) is 36.3 Å². The van der Waals surface area contributed by atoms with Crippen molar-refractivity contribution >= 4 is 12.2 Å². The summed E-state index contributed by atoms with van der Waals surface area (Å²) < 4.78 is 7.84. The van der Waals surface area contributed by atoms with E-state index in [1.165, 1.54) is 5.56 Å². The van der Waals surface area contributed by atoms with Gasteiger partial charge in [-0.15, -0.1) is 0 Å². The fraction of sp³-hybridized carbons (Fsp3) is 0.176. The molecule has 1 N–H and O–H groups in total. The van der Waals surface area contributed by atoms with Gasteiger partial charge in [0.05, 0.1) is 12.8 Å². The highest BCUT2D eigenvalue weighted by Crippen LogP contribution is 2.18. The second-order valence-electron chi connectivity index (χ2n) is 4.97. The predicted octanol–water partition coefficient (Wildman–Crippen LogP) is 3.72. The lowest BCUT2D eigenvalue weighted by molar-refractivity contribution is 0.414. The topological polar surface area (TPSA) is 42.8 Å². The van der Waals surface area contributed by atoms with E-state index in [9.17, 15) is 0 Å². The number of nitrogens with one attached hydrogen (secondary N) is 1. The number of aromatic nitrogens is 3. The minimum Gasteiger partial charge on any atom is -0.497 e. The summed E-state index contributed by atoms with van der Waals surface area (Å²) >= 11 is 5.37. The van der Waals surface area contributed by atoms with E-state index < -0.39 is 0 Å². The Morgan fingerprint density at radius 3 is 2.68 bits per heavy atom. The van der Waals surface area contributed by atoms with Crippen molar-refractivity contribution in [2.45, 2.75) is 12.8 Å². The summed E-state index contributed by atoms with van der Waals surface area (Å²) in [5.41, 5.74) is 2.25. The summed E-state index contributed by atoms with van der Waals surface area (Å²) in [5.74, 6) is 1.72. The second-order valence-corrected chi connectivity index (χ2v) is 5.35. The van der Waals surface area contributed by atoms with Gasteiger partial charge in [0.1, 0.15) is 11.6 Å². The van der Waals surface area contributed by atoms with Gasteiger partial charge in [-0.2, -0.15) is 5.10 Å². The summed E-state index contributed by atoms with van der Waals surface area (Å²) in [7, 11) is 1.66. The minimum atomic E-state index is 0.594. The number of ether oxygens (including phenoxy) is 1. The molecule has 1 heterocycles. The molecule has 0 bridgehead atoms. The number of aryl methyl sites for hydroxylation is 2. The molecule has 1 aromatic heterocycles. The number of hydrogen-bond donors (Lipinski definition) is 1. The summed E-state index contributed by atoms with van der Waals surface area (Å²) in [4.78, 5) is 0. The number of hydrogen-bond acceptors (Lipinski definition) is 3. The maximum absolute atomic E-state index is 5.37. The Hall–Kier alpha value is -2.40. The first-order chi connectivity index (χ1) is 10.8. The summed E-state index contributed by atoms with van der Waals surface area (Å²) in [5, 5.41) is 7.25. The second kappa shape index (κ2) is 6.58. The highest BCUT2D eigenvalue weighted by molar-refractivity contribution is 7.71. The van der Waals surface area contributed by atoms with Gasteiger partial charge in [-0.3, -0.25) is 9.67 Å².